The van der Waals surface area contributed by atoms with E-state index in [-0.39, 0.29) is 69.9 Å². The second-order valence-corrected chi connectivity index (χ2v) is 13.0. The van der Waals surface area contributed by atoms with Crippen LogP contribution in [0.1, 0.15) is 67.7 Å². The molecule has 10 nitrogen and oxygen atoms in total. The molecular weight excluding hydrogens is 747 g/mol. The second-order valence-electron chi connectivity index (χ2n) is 13.0. The molecule has 10 atom stereocenters. The number of hydrogen-bond acceptors (Lipinski definition) is 10. The molecule has 4 N–H and O–H groups in total. The summed E-state index contributed by atoms with van der Waals surface area (Å²) in [5.74, 6) is -4.41. The van der Waals surface area contributed by atoms with Crippen molar-refractivity contribution >= 4 is 17.7 Å². The van der Waals surface area contributed by atoms with E-state index in [1.807, 2.05) is 0 Å². The Morgan fingerprint density at radius 3 is 2.27 bits per heavy atom. The van der Waals surface area contributed by atoms with Crippen LogP contribution in [-0.4, -0.2) is 86.5 Å². The van der Waals surface area contributed by atoms with Crippen molar-refractivity contribution in [3.05, 3.63) is 29.7 Å². The molecule has 41 heavy (non-hydrogen) atoms. The third-order valence-electron chi connectivity index (χ3n) is 10.1. The number of rotatable bonds is 5. The number of fused-ring (bicyclic) bond motifs is 5. The number of aliphatic hydroxyl groups is 4. The molecule has 2 saturated carbocycles. The fourth-order valence-electron chi connectivity index (χ4n) is 7.46. The van der Waals surface area contributed by atoms with Crippen molar-refractivity contribution in [2.45, 2.75) is 109 Å². The number of aliphatic hydroxyl groups excluding tert-OH is 2. The molecule has 3 fully saturated rings. The van der Waals surface area contributed by atoms with Crippen molar-refractivity contribution in [1.29, 1.82) is 0 Å². The van der Waals surface area contributed by atoms with E-state index >= 15 is 0 Å². The van der Waals surface area contributed by atoms with Crippen LogP contribution in [0.25, 0.3) is 0 Å². The van der Waals surface area contributed by atoms with E-state index < -0.39 is 82.1 Å². The first-order chi connectivity index (χ1) is 18.3. The first-order valence-electron chi connectivity index (χ1n) is 13.8. The number of allylic oxidation sites excluding steroid dienone is 1. The van der Waals surface area contributed by atoms with E-state index in [2.05, 4.69) is 0 Å². The minimum atomic E-state index is -1.97. The molecular formula is C30H42AcO10. The maximum atomic E-state index is 14.1. The molecule has 1 aliphatic heterocycles. The van der Waals surface area contributed by atoms with Crippen LogP contribution in [0.15, 0.2) is 22.8 Å². The molecule has 4 rings (SSSR count). The summed E-state index contributed by atoms with van der Waals surface area (Å²) in [6.07, 6.45) is -5.25. The summed E-state index contributed by atoms with van der Waals surface area (Å²) in [6.45, 7) is 17.2. The average Bonchev–Trinajstić information content (AvgIpc) is 2.84. The minimum absolute atomic E-state index is 0. The van der Waals surface area contributed by atoms with Gasteiger partial charge in [0.05, 0.1) is 24.2 Å². The summed E-state index contributed by atoms with van der Waals surface area (Å²) in [7, 11) is 0. The Hall–Kier alpha value is -0.668. The zero-order chi connectivity index (χ0) is 30.2. The van der Waals surface area contributed by atoms with Crippen molar-refractivity contribution in [3.63, 3.8) is 0 Å². The van der Waals surface area contributed by atoms with Gasteiger partial charge in [-0.1, -0.05) is 31.1 Å². The molecule has 1 heterocycles. The largest absolute Gasteiger partial charge is 0.459 e. The minimum Gasteiger partial charge on any atom is -0.459 e. The predicted molar refractivity (Wildman–Crippen MR) is 141 cm³/mol. The van der Waals surface area contributed by atoms with Crippen LogP contribution in [0.5, 0.6) is 0 Å². The van der Waals surface area contributed by atoms with Gasteiger partial charge in [-0.3, -0.25) is 9.59 Å². The van der Waals surface area contributed by atoms with Gasteiger partial charge in [0.1, 0.15) is 29.2 Å². The molecule has 0 aromatic heterocycles. The Kier molecular flexibility index (Phi) is 9.92. The molecule has 0 aromatic rings. The number of esters is 2. The topological polar surface area (TPSA) is 160 Å². The van der Waals surface area contributed by atoms with Crippen LogP contribution >= 0.6 is 0 Å². The van der Waals surface area contributed by atoms with Gasteiger partial charge in [-0.25, -0.2) is 4.79 Å². The van der Waals surface area contributed by atoms with E-state index in [9.17, 15) is 34.8 Å². The Morgan fingerprint density at radius 1 is 1.15 bits per heavy atom. The smallest absolute Gasteiger partial charge is 0.336 e. The summed E-state index contributed by atoms with van der Waals surface area (Å²) in [5.41, 5.74) is -4.62. The zero-order valence-electron chi connectivity index (χ0n) is 24.8. The Morgan fingerprint density at radius 2 is 1.76 bits per heavy atom. The van der Waals surface area contributed by atoms with E-state index in [1.54, 1.807) is 41.5 Å². The maximum Gasteiger partial charge on any atom is 0.336 e. The number of carbonyl (C=O) groups excluding carboxylic acids is 3. The third-order valence-corrected chi connectivity index (χ3v) is 10.1. The fourth-order valence-corrected chi connectivity index (χ4v) is 7.46. The first kappa shape index (κ1) is 34.8. The molecule has 225 valence electrons. The number of Topliss-reactive ketones (excluding diaryl/α,β-unsaturated/α-hetero) is 1. The van der Waals surface area contributed by atoms with Crippen molar-refractivity contribution < 1.29 is 93.1 Å². The quantitative estimate of drug-likeness (QED) is 0.238. The predicted octanol–water partition coefficient (Wildman–Crippen LogP) is 1.45. The molecule has 0 amide bonds. The van der Waals surface area contributed by atoms with Gasteiger partial charge in [0, 0.05) is 87.5 Å². The standard InChI is InChI=1S/C30H42O10.Ac/c1-14(2)9-15(3)23(34)26(35)40-19-12-30(37)25(39-17(5)31)24-28(8,21(33)11-22-29(24,36)13-38-22)20(32)10-18(16(19)4)27(30,6)7;/h3,9,15,19,21-25,33-34,36-37H,10-13H2,1-2,4-8H3;/t15-,19-,21-,22+,23+,24-,25-,28+,29-,30+;/m0./s1. The summed E-state index contributed by atoms with van der Waals surface area (Å²) >= 11 is 0. The van der Waals surface area contributed by atoms with Gasteiger partial charge in [-0.15, -0.1) is 0 Å². The van der Waals surface area contributed by atoms with Gasteiger partial charge in [-0.05, 0) is 40.2 Å². The van der Waals surface area contributed by atoms with E-state index in [1.165, 1.54) is 6.08 Å². The van der Waals surface area contributed by atoms with Gasteiger partial charge in [0.15, 0.2) is 6.10 Å². The van der Waals surface area contributed by atoms with Crippen LogP contribution in [0, 0.1) is 73.7 Å². The van der Waals surface area contributed by atoms with Crippen molar-refractivity contribution in [3.8, 4) is 0 Å². The van der Waals surface area contributed by atoms with Crippen LogP contribution < -0.4 is 0 Å². The van der Waals surface area contributed by atoms with Gasteiger partial charge in [-0.2, -0.15) is 0 Å². The molecule has 4 aliphatic rings. The van der Waals surface area contributed by atoms with Crippen LogP contribution in [0.3, 0.4) is 0 Å². The number of carbonyl (C=O) groups is 3. The van der Waals surface area contributed by atoms with Gasteiger partial charge in [0.25, 0.3) is 0 Å². The average molecular weight is 790 g/mol. The Bertz CT molecular complexity index is 1160. The van der Waals surface area contributed by atoms with Gasteiger partial charge >= 0.3 is 11.9 Å². The zero-order valence-corrected chi connectivity index (χ0v) is 29.6. The second kappa shape index (κ2) is 11.7. The molecule has 1 saturated heterocycles. The Labute approximate surface area is 277 Å². The number of hydrogen-bond donors (Lipinski definition) is 4. The summed E-state index contributed by atoms with van der Waals surface area (Å²) in [4.78, 5) is 39.6. The van der Waals surface area contributed by atoms with Crippen LogP contribution in [0.2, 0.25) is 0 Å². The maximum absolute atomic E-state index is 14.1. The van der Waals surface area contributed by atoms with Gasteiger partial charge < -0.3 is 34.6 Å². The van der Waals surface area contributed by atoms with E-state index in [0.29, 0.717) is 11.1 Å². The summed E-state index contributed by atoms with van der Waals surface area (Å²) < 4.78 is 17.1. The van der Waals surface area contributed by atoms with Crippen LogP contribution in [0.4, 0.5) is 0 Å². The molecule has 3 aliphatic carbocycles. The molecule has 11 heteroatoms. The van der Waals surface area contributed by atoms with Crippen molar-refractivity contribution in [2.24, 2.45) is 22.7 Å². The van der Waals surface area contributed by atoms with E-state index in [4.69, 9.17) is 21.1 Å². The fraction of sp³-hybridized carbons (Fsp3) is 0.733. The molecule has 2 bridgehead atoms. The molecule has 0 unspecified atom stereocenters. The molecule has 3 radical (unpaired) electrons. The molecule has 0 aromatic carbocycles. The number of ether oxygens (including phenoxy) is 3. The third kappa shape index (κ3) is 5.34. The first-order valence-corrected chi connectivity index (χ1v) is 13.8. The number of ketones is 1. The van der Waals surface area contributed by atoms with Crippen molar-refractivity contribution in [2.75, 3.05) is 6.61 Å². The van der Waals surface area contributed by atoms with Crippen molar-refractivity contribution in [1.82, 2.24) is 0 Å². The normalized spacial score (nSPS) is 40.7. The summed E-state index contributed by atoms with van der Waals surface area (Å²) in [5, 5.41) is 46.3. The monoisotopic (exact) mass is 789 g/mol. The summed E-state index contributed by atoms with van der Waals surface area (Å²) in [6, 6.07) is 0. The van der Waals surface area contributed by atoms with E-state index in [0.717, 1.165) is 12.5 Å². The van der Waals surface area contributed by atoms with Crippen LogP contribution in [-0.2, 0) is 28.6 Å². The Balaban J connectivity index is 0.00000462. The SMILES string of the molecule is [Ac].[CH][C@@H](C=C(C)C)[C@@H](O)C(=O)O[C@H]1C[C@@]2(O)[C@@H](OC(C)=O)[C@@H]3[C@]4(O)CO[C@@H]4C[C@H](O)[C@@]3(C)C(=O)CC(=C1C)C2(C)C. The molecule has 0 spiro atoms. The van der Waals surface area contributed by atoms with Gasteiger partial charge in [0.2, 0.25) is 0 Å².